The molecule has 0 saturated heterocycles. The normalized spacial score (nSPS) is 29.7. The molecule has 1 rings (SSSR count). The van der Waals surface area contributed by atoms with Gasteiger partial charge in [0.05, 0.1) is 0 Å². The zero-order valence-electron chi connectivity index (χ0n) is 8.84. The summed E-state index contributed by atoms with van der Waals surface area (Å²) in [5.41, 5.74) is 0. The molecule has 2 atom stereocenters. The zero-order chi connectivity index (χ0) is 9.90. The maximum Gasteiger partial charge on any atom is 0.248 e. The van der Waals surface area contributed by atoms with Crippen molar-refractivity contribution in [1.29, 1.82) is 0 Å². The van der Waals surface area contributed by atoms with Crippen LogP contribution in [0.3, 0.4) is 0 Å². The predicted molar refractivity (Wildman–Crippen MR) is 57.1 cm³/mol. The molecule has 1 aliphatic carbocycles. The Bertz CT molecular complexity index is 204. The van der Waals surface area contributed by atoms with Gasteiger partial charge in [-0.25, -0.2) is 6.57 Å². The second-order valence-corrected chi connectivity index (χ2v) is 9.21. The second-order valence-electron chi connectivity index (χ2n) is 4.75. The highest BCUT2D eigenvalue weighted by Crippen LogP contribution is 2.26. The van der Waals surface area contributed by atoms with Crippen LogP contribution in [-0.4, -0.2) is 20.5 Å². The Labute approximate surface area is 82.2 Å². The van der Waals surface area contributed by atoms with Crippen molar-refractivity contribution in [3.63, 3.8) is 0 Å². The molecule has 0 bridgehead atoms. The summed E-state index contributed by atoms with van der Waals surface area (Å²) in [4.78, 5) is 3.66. The van der Waals surface area contributed by atoms with E-state index in [2.05, 4.69) is 24.5 Å². The Morgan fingerprint density at radius 2 is 1.85 bits per heavy atom. The Hall–Kier alpha value is -0.333. The van der Waals surface area contributed by atoms with Gasteiger partial charge in [-0.15, -0.1) is 0 Å². The van der Waals surface area contributed by atoms with Gasteiger partial charge in [0.25, 0.3) is 0 Å². The van der Waals surface area contributed by atoms with E-state index in [-0.39, 0.29) is 12.1 Å². The van der Waals surface area contributed by atoms with Crippen molar-refractivity contribution in [3.8, 4) is 0 Å². The molecular formula is C10H19NOSi. The van der Waals surface area contributed by atoms with Crippen LogP contribution < -0.4 is 0 Å². The van der Waals surface area contributed by atoms with Crippen LogP contribution in [-0.2, 0) is 4.43 Å². The molecule has 1 saturated carbocycles. The monoisotopic (exact) mass is 197 g/mol. The van der Waals surface area contributed by atoms with Gasteiger partial charge in [0.15, 0.2) is 8.32 Å². The van der Waals surface area contributed by atoms with Crippen LogP contribution in [0, 0.1) is 6.57 Å². The standard InChI is InChI=1S/C10H19NOSi/c1-11-9-7-5-6-8-10(9)12-13(2,3)4/h9-10H,5-8H2,2-4H3. The highest BCUT2D eigenvalue weighted by molar-refractivity contribution is 6.69. The van der Waals surface area contributed by atoms with Crippen LogP contribution in [0.15, 0.2) is 0 Å². The summed E-state index contributed by atoms with van der Waals surface area (Å²) in [5.74, 6) is 0. The van der Waals surface area contributed by atoms with E-state index in [0.717, 1.165) is 12.8 Å². The van der Waals surface area contributed by atoms with Crippen LogP contribution in [0.1, 0.15) is 25.7 Å². The average molecular weight is 197 g/mol. The molecule has 3 heteroatoms. The van der Waals surface area contributed by atoms with Crippen molar-refractivity contribution >= 4 is 8.32 Å². The number of hydrogen-bond donors (Lipinski definition) is 0. The van der Waals surface area contributed by atoms with E-state index in [0.29, 0.717) is 0 Å². The summed E-state index contributed by atoms with van der Waals surface area (Å²) in [6.45, 7) is 13.7. The van der Waals surface area contributed by atoms with Crippen molar-refractivity contribution in [2.75, 3.05) is 0 Å². The molecule has 2 nitrogen and oxygen atoms in total. The Morgan fingerprint density at radius 1 is 1.23 bits per heavy atom. The van der Waals surface area contributed by atoms with Gasteiger partial charge >= 0.3 is 0 Å². The lowest BCUT2D eigenvalue weighted by atomic mass is 9.93. The van der Waals surface area contributed by atoms with E-state index in [1.807, 2.05) is 0 Å². The minimum Gasteiger partial charge on any atom is -0.407 e. The maximum absolute atomic E-state index is 7.10. The minimum absolute atomic E-state index is 0.139. The van der Waals surface area contributed by atoms with Gasteiger partial charge in [-0.1, -0.05) is 6.42 Å². The van der Waals surface area contributed by atoms with Crippen molar-refractivity contribution in [2.45, 2.75) is 57.5 Å². The number of hydrogen-bond acceptors (Lipinski definition) is 1. The molecule has 0 aliphatic heterocycles. The molecule has 74 valence electrons. The highest BCUT2D eigenvalue weighted by Gasteiger charge is 2.33. The van der Waals surface area contributed by atoms with Crippen molar-refractivity contribution < 1.29 is 4.43 Å². The third kappa shape index (κ3) is 3.49. The molecular weight excluding hydrogens is 178 g/mol. The van der Waals surface area contributed by atoms with Crippen LogP contribution in [0.5, 0.6) is 0 Å². The molecule has 13 heavy (non-hydrogen) atoms. The van der Waals surface area contributed by atoms with Crippen molar-refractivity contribution in [1.82, 2.24) is 0 Å². The first-order chi connectivity index (χ1) is 6.03. The lowest BCUT2D eigenvalue weighted by molar-refractivity contribution is 0.140. The summed E-state index contributed by atoms with van der Waals surface area (Å²) < 4.78 is 6.01. The van der Waals surface area contributed by atoms with Crippen LogP contribution in [0.25, 0.3) is 4.85 Å². The maximum atomic E-state index is 7.10. The molecule has 0 aromatic rings. The molecule has 0 aromatic carbocycles. The van der Waals surface area contributed by atoms with E-state index in [1.54, 1.807) is 0 Å². The highest BCUT2D eigenvalue weighted by atomic mass is 28.4. The SMILES string of the molecule is [C-]#[N+]C1CCCCC1O[Si](C)(C)C. The summed E-state index contributed by atoms with van der Waals surface area (Å²) >= 11 is 0. The number of nitrogens with zero attached hydrogens (tertiary/aromatic N) is 1. The lowest BCUT2D eigenvalue weighted by Crippen LogP contribution is -2.39. The van der Waals surface area contributed by atoms with Crippen LogP contribution in [0.2, 0.25) is 19.6 Å². The lowest BCUT2D eigenvalue weighted by Gasteiger charge is -2.29. The fourth-order valence-electron chi connectivity index (χ4n) is 1.82. The quantitative estimate of drug-likeness (QED) is 0.490. The molecule has 1 fully saturated rings. The van der Waals surface area contributed by atoms with E-state index in [4.69, 9.17) is 11.0 Å². The van der Waals surface area contributed by atoms with Gasteiger partial charge in [0.1, 0.15) is 6.10 Å². The predicted octanol–water partition coefficient (Wildman–Crippen LogP) is 3.07. The summed E-state index contributed by atoms with van der Waals surface area (Å²) in [6, 6.07) is 0.139. The molecule has 0 amide bonds. The first-order valence-electron chi connectivity index (χ1n) is 5.07. The van der Waals surface area contributed by atoms with Crippen LogP contribution >= 0.6 is 0 Å². The molecule has 0 spiro atoms. The fourth-order valence-corrected chi connectivity index (χ4v) is 3.00. The minimum atomic E-state index is -1.45. The second kappa shape index (κ2) is 4.25. The average Bonchev–Trinajstić information content (AvgIpc) is 2.02. The zero-order valence-corrected chi connectivity index (χ0v) is 9.84. The van der Waals surface area contributed by atoms with E-state index in [1.165, 1.54) is 12.8 Å². The topological polar surface area (TPSA) is 13.6 Å². The first-order valence-corrected chi connectivity index (χ1v) is 8.48. The molecule has 0 heterocycles. The van der Waals surface area contributed by atoms with Crippen molar-refractivity contribution in [2.24, 2.45) is 0 Å². The van der Waals surface area contributed by atoms with Crippen molar-refractivity contribution in [3.05, 3.63) is 11.4 Å². The third-order valence-corrected chi connectivity index (χ3v) is 3.35. The molecule has 0 radical (unpaired) electrons. The summed E-state index contributed by atoms with van der Waals surface area (Å²) in [5, 5.41) is 0. The van der Waals surface area contributed by atoms with E-state index < -0.39 is 8.32 Å². The first kappa shape index (κ1) is 10.7. The Kier molecular flexibility index (Phi) is 3.52. The molecule has 2 unspecified atom stereocenters. The van der Waals surface area contributed by atoms with Gasteiger partial charge in [-0.3, -0.25) is 0 Å². The van der Waals surface area contributed by atoms with Crippen LogP contribution in [0.4, 0.5) is 0 Å². The van der Waals surface area contributed by atoms with Gasteiger partial charge in [0, 0.05) is 6.42 Å². The Balaban J connectivity index is 2.51. The number of rotatable bonds is 2. The van der Waals surface area contributed by atoms with Gasteiger partial charge < -0.3 is 9.27 Å². The van der Waals surface area contributed by atoms with Gasteiger partial charge in [-0.05, 0) is 32.5 Å². The van der Waals surface area contributed by atoms with Gasteiger partial charge in [-0.2, -0.15) is 0 Å². The largest absolute Gasteiger partial charge is 0.407 e. The van der Waals surface area contributed by atoms with E-state index >= 15 is 0 Å². The molecule has 1 aliphatic rings. The molecule has 0 aromatic heterocycles. The molecule has 0 N–H and O–H groups in total. The smallest absolute Gasteiger partial charge is 0.248 e. The fraction of sp³-hybridized carbons (Fsp3) is 0.900. The summed E-state index contributed by atoms with van der Waals surface area (Å²) in [6.07, 6.45) is 4.81. The Morgan fingerprint density at radius 3 is 2.38 bits per heavy atom. The summed E-state index contributed by atoms with van der Waals surface area (Å²) in [7, 11) is -1.45. The van der Waals surface area contributed by atoms with Gasteiger partial charge in [0.2, 0.25) is 6.04 Å². The third-order valence-electron chi connectivity index (χ3n) is 2.34. The van der Waals surface area contributed by atoms with E-state index in [9.17, 15) is 0 Å².